The number of hydrogen-bond donors (Lipinski definition) is 1. The average Bonchev–Trinajstić information content (AvgIpc) is 2.79. The third kappa shape index (κ3) is 2.19. The molecule has 0 saturated carbocycles. The van der Waals surface area contributed by atoms with Crippen LogP contribution in [0.1, 0.15) is 19.5 Å². The fraction of sp³-hybridized carbons (Fsp3) is 0.231. The molecule has 0 bridgehead atoms. The standard InChI is InChI=1S/C13H15NO3S/c1-13(2,15)12-9-6-10-14(12)18(16,17)11-7-4-3-5-8-11/h3-10,15H,1-2H3. The van der Waals surface area contributed by atoms with E-state index < -0.39 is 15.6 Å². The highest BCUT2D eigenvalue weighted by molar-refractivity contribution is 7.90. The zero-order valence-corrected chi connectivity index (χ0v) is 11.1. The van der Waals surface area contributed by atoms with Gasteiger partial charge in [-0.15, -0.1) is 0 Å². The third-order valence-corrected chi connectivity index (χ3v) is 4.34. The number of hydrogen-bond acceptors (Lipinski definition) is 3. The van der Waals surface area contributed by atoms with Crippen molar-refractivity contribution in [1.82, 2.24) is 3.97 Å². The summed E-state index contributed by atoms with van der Waals surface area (Å²) in [4.78, 5) is 0.201. The quantitative estimate of drug-likeness (QED) is 0.922. The summed E-state index contributed by atoms with van der Waals surface area (Å²) in [7, 11) is -3.65. The van der Waals surface area contributed by atoms with Gasteiger partial charge in [-0.25, -0.2) is 12.4 Å². The molecule has 0 fully saturated rings. The van der Waals surface area contributed by atoms with E-state index in [9.17, 15) is 13.5 Å². The highest BCUT2D eigenvalue weighted by atomic mass is 32.2. The first-order valence-electron chi connectivity index (χ1n) is 5.54. The van der Waals surface area contributed by atoms with E-state index in [1.807, 2.05) is 0 Å². The van der Waals surface area contributed by atoms with Crippen LogP contribution in [0.5, 0.6) is 0 Å². The minimum absolute atomic E-state index is 0.201. The maximum atomic E-state index is 12.4. The van der Waals surface area contributed by atoms with Gasteiger partial charge < -0.3 is 5.11 Å². The summed E-state index contributed by atoms with van der Waals surface area (Å²) in [5.41, 5.74) is -0.878. The Morgan fingerprint density at radius 3 is 2.22 bits per heavy atom. The molecule has 0 atom stereocenters. The Morgan fingerprint density at radius 2 is 1.67 bits per heavy atom. The third-order valence-electron chi connectivity index (χ3n) is 2.64. The van der Waals surface area contributed by atoms with E-state index in [4.69, 9.17) is 0 Å². The predicted octanol–water partition coefficient (Wildman–Crippen LogP) is 1.95. The maximum Gasteiger partial charge on any atom is 0.267 e. The Bertz CT molecular complexity index is 636. The van der Waals surface area contributed by atoms with Gasteiger partial charge in [0.25, 0.3) is 10.0 Å². The lowest BCUT2D eigenvalue weighted by atomic mass is 10.1. The lowest BCUT2D eigenvalue weighted by molar-refractivity contribution is 0.0730. The minimum Gasteiger partial charge on any atom is -0.384 e. The molecule has 0 saturated heterocycles. The Morgan fingerprint density at radius 1 is 1.06 bits per heavy atom. The van der Waals surface area contributed by atoms with Crippen LogP contribution in [0.4, 0.5) is 0 Å². The molecule has 2 aromatic rings. The van der Waals surface area contributed by atoms with Gasteiger partial charge in [0.1, 0.15) is 5.60 Å². The summed E-state index contributed by atoms with van der Waals surface area (Å²) in [6.45, 7) is 3.11. The van der Waals surface area contributed by atoms with Crippen molar-refractivity contribution in [3.8, 4) is 0 Å². The number of aromatic nitrogens is 1. The highest BCUT2D eigenvalue weighted by Crippen LogP contribution is 2.24. The van der Waals surface area contributed by atoms with Crippen molar-refractivity contribution in [2.45, 2.75) is 24.3 Å². The van der Waals surface area contributed by atoms with E-state index in [2.05, 4.69) is 0 Å². The number of nitrogens with zero attached hydrogens (tertiary/aromatic N) is 1. The van der Waals surface area contributed by atoms with Crippen molar-refractivity contribution in [2.24, 2.45) is 0 Å². The molecule has 4 nitrogen and oxygen atoms in total. The predicted molar refractivity (Wildman–Crippen MR) is 68.7 cm³/mol. The topological polar surface area (TPSA) is 59.3 Å². The summed E-state index contributed by atoms with van der Waals surface area (Å²) in [6.07, 6.45) is 1.44. The molecule has 1 N–H and O–H groups in total. The van der Waals surface area contributed by atoms with E-state index >= 15 is 0 Å². The zero-order valence-electron chi connectivity index (χ0n) is 10.2. The van der Waals surface area contributed by atoms with Crippen molar-refractivity contribution in [1.29, 1.82) is 0 Å². The summed E-state index contributed by atoms with van der Waals surface area (Å²) in [5.74, 6) is 0. The van der Waals surface area contributed by atoms with Gasteiger partial charge in [0, 0.05) is 6.20 Å². The summed E-state index contributed by atoms with van der Waals surface area (Å²) in [6, 6.07) is 11.4. The van der Waals surface area contributed by atoms with E-state index in [-0.39, 0.29) is 4.90 Å². The van der Waals surface area contributed by atoms with Gasteiger partial charge in [-0.05, 0) is 38.1 Å². The lowest BCUT2D eigenvalue weighted by Crippen LogP contribution is -2.24. The normalized spacial score (nSPS) is 12.6. The molecule has 2 rings (SSSR count). The largest absolute Gasteiger partial charge is 0.384 e. The van der Waals surface area contributed by atoms with Crippen LogP contribution in [-0.2, 0) is 15.6 Å². The van der Waals surface area contributed by atoms with Crippen LogP contribution >= 0.6 is 0 Å². The summed E-state index contributed by atoms with van der Waals surface area (Å²) in [5, 5.41) is 9.98. The molecule has 0 amide bonds. The van der Waals surface area contributed by atoms with Gasteiger partial charge in [0.15, 0.2) is 0 Å². The first-order chi connectivity index (χ1) is 8.33. The molecular weight excluding hydrogens is 250 g/mol. The molecule has 18 heavy (non-hydrogen) atoms. The maximum absolute atomic E-state index is 12.4. The van der Waals surface area contributed by atoms with Gasteiger partial charge in [-0.3, -0.25) is 0 Å². The molecule has 1 aromatic carbocycles. The smallest absolute Gasteiger partial charge is 0.267 e. The first-order valence-corrected chi connectivity index (χ1v) is 6.98. The fourth-order valence-corrected chi connectivity index (χ4v) is 3.26. The summed E-state index contributed by atoms with van der Waals surface area (Å²) >= 11 is 0. The van der Waals surface area contributed by atoms with E-state index in [0.29, 0.717) is 5.69 Å². The molecule has 0 spiro atoms. The monoisotopic (exact) mass is 265 g/mol. The second-order valence-corrected chi connectivity index (χ2v) is 6.38. The average molecular weight is 265 g/mol. The molecular formula is C13H15NO3S. The van der Waals surface area contributed by atoms with E-state index in [1.165, 1.54) is 18.3 Å². The van der Waals surface area contributed by atoms with Crippen molar-refractivity contribution in [3.63, 3.8) is 0 Å². The molecule has 0 unspecified atom stereocenters. The Hall–Kier alpha value is -1.59. The second-order valence-electron chi connectivity index (χ2n) is 4.57. The molecule has 1 heterocycles. The van der Waals surface area contributed by atoms with Gasteiger partial charge in [-0.1, -0.05) is 18.2 Å². The molecule has 0 aliphatic rings. The van der Waals surface area contributed by atoms with Crippen LogP contribution in [0.15, 0.2) is 53.6 Å². The van der Waals surface area contributed by atoms with Crippen LogP contribution in [-0.4, -0.2) is 17.5 Å². The molecule has 1 aromatic heterocycles. The van der Waals surface area contributed by atoms with Crippen molar-refractivity contribution in [2.75, 3.05) is 0 Å². The van der Waals surface area contributed by atoms with Crippen LogP contribution < -0.4 is 0 Å². The lowest BCUT2D eigenvalue weighted by Gasteiger charge is -2.20. The molecule has 0 aliphatic carbocycles. The van der Waals surface area contributed by atoms with E-state index in [0.717, 1.165) is 3.97 Å². The number of aliphatic hydroxyl groups is 1. The van der Waals surface area contributed by atoms with Gasteiger partial charge in [0.05, 0.1) is 10.6 Å². The van der Waals surface area contributed by atoms with Gasteiger partial charge >= 0.3 is 0 Å². The molecule has 0 aliphatic heterocycles. The van der Waals surface area contributed by atoms with Crippen molar-refractivity contribution < 1.29 is 13.5 Å². The van der Waals surface area contributed by atoms with Gasteiger partial charge in [0.2, 0.25) is 0 Å². The van der Waals surface area contributed by atoms with Crippen LogP contribution in [0, 0.1) is 0 Å². The van der Waals surface area contributed by atoms with Crippen LogP contribution in [0.2, 0.25) is 0 Å². The minimum atomic E-state index is -3.65. The molecule has 96 valence electrons. The van der Waals surface area contributed by atoms with Crippen LogP contribution in [0.25, 0.3) is 0 Å². The Kier molecular flexibility index (Phi) is 3.04. The van der Waals surface area contributed by atoms with Gasteiger partial charge in [-0.2, -0.15) is 0 Å². The first kappa shape index (κ1) is 12.9. The Balaban J connectivity index is 2.60. The fourth-order valence-electron chi connectivity index (χ4n) is 1.76. The molecule has 0 radical (unpaired) electrons. The Labute approximate surface area is 107 Å². The number of rotatable bonds is 3. The SMILES string of the molecule is CC(C)(O)c1cccn1S(=O)(=O)c1ccccc1. The van der Waals surface area contributed by atoms with Crippen molar-refractivity contribution >= 4 is 10.0 Å². The summed E-state index contributed by atoms with van der Waals surface area (Å²) < 4.78 is 25.9. The second kappa shape index (κ2) is 4.26. The number of benzene rings is 1. The molecule has 5 heteroatoms. The highest BCUT2D eigenvalue weighted by Gasteiger charge is 2.26. The van der Waals surface area contributed by atoms with Crippen LogP contribution in [0.3, 0.4) is 0 Å². The zero-order chi connectivity index (χ0) is 13.4. The van der Waals surface area contributed by atoms with E-state index in [1.54, 1.807) is 44.2 Å². The van der Waals surface area contributed by atoms with Crippen molar-refractivity contribution in [3.05, 3.63) is 54.4 Å².